The van der Waals surface area contributed by atoms with Crippen LogP contribution in [0.2, 0.25) is 0 Å². The molecule has 1 aromatic rings. The number of hydrogen-bond acceptors (Lipinski definition) is 3. The number of ether oxygens (including phenoxy) is 1. The van der Waals surface area contributed by atoms with E-state index in [9.17, 15) is 0 Å². The molecule has 3 nitrogen and oxygen atoms in total. The summed E-state index contributed by atoms with van der Waals surface area (Å²) in [5.74, 6) is 1.66. The predicted octanol–water partition coefficient (Wildman–Crippen LogP) is 1.37. The SMILES string of the molecule is NCCc1ccc(OCC2CC2)cn1. The molecule has 0 atom stereocenters. The smallest absolute Gasteiger partial charge is 0.137 e. The van der Waals surface area contributed by atoms with E-state index in [1.807, 2.05) is 12.1 Å². The number of rotatable bonds is 5. The monoisotopic (exact) mass is 192 g/mol. The van der Waals surface area contributed by atoms with Crippen LogP contribution < -0.4 is 10.5 Å². The van der Waals surface area contributed by atoms with Crippen LogP contribution in [0, 0.1) is 5.92 Å². The Hall–Kier alpha value is -1.09. The lowest BCUT2D eigenvalue weighted by Crippen LogP contribution is -2.04. The second-order valence-electron chi connectivity index (χ2n) is 3.78. The molecule has 0 amide bonds. The molecule has 0 aromatic carbocycles. The minimum absolute atomic E-state index is 0.648. The molecule has 0 radical (unpaired) electrons. The van der Waals surface area contributed by atoms with Crippen LogP contribution in [0.4, 0.5) is 0 Å². The molecule has 1 saturated carbocycles. The van der Waals surface area contributed by atoms with Gasteiger partial charge in [0.2, 0.25) is 0 Å². The summed E-state index contributed by atoms with van der Waals surface area (Å²) in [6.45, 7) is 1.49. The van der Waals surface area contributed by atoms with E-state index in [-0.39, 0.29) is 0 Å². The van der Waals surface area contributed by atoms with E-state index in [4.69, 9.17) is 10.5 Å². The maximum atomic E-state index is 5.57. The molecule has 1 heterocycles. The van der Waals surface area contributed by atoms with Crippen LogP contribution in [0.5, 0.6) is 5.75 Å². The van der Waals surface area contributed by atoms with Crippen molar-refractivity contribution in [2.75, 3.05) is 13.2 Å². The van der Waals surface area contributed by atoms with E-state index in [0.717, 1.165) is 30.4 Å². The molecule has 0 spiro atoms. The molecular weight excluding hydrogens is 176 g/mol. The molecule has 0 saturated heterocycles. The van der Waals surface area contributed by atoms with Gasteiger partial charge in [0, 0.05) is 12.1 Å². The van der Waals surface area contributed by atoms with E-state index < -0.39 is 0 Å². The average Bonchev–Trinajstić information content (AvgIpc) is 3.01. The van der Waals surface area contributed by atoms with Gasteiger partial charge in [0.1, 0.15) is 5.75 Å². The number of nitrogens with two attached hydrogens (primary N) is 1. The number of nitrogens with zero attached hydrogens (tertiary/aromatic N) is 1. The molecule has 1 aliphatic rings. The molecular formula is C11H16N2O. The van der Waals surface area contributed by atoms with Crippen LogP contribution in [0.25, 0.3) is 0 Å². The Bertz CT molecular complexity index is 280. The first kappa shape index (κ1) is 9.46. The third-order valence-corrected chi connectivity index (χ3v) is 2.38. The molecule has 2 rings (SSSR count). The molecule has 0 unspecified atom stereocenters. The van der Waals surface area contributed by atoms with Gasteiger partial charge in [-0.05, 0) is 37.4 Å². The standard InChI is InChI=1S/C11H16N2O/c12-6-5-10-3-4-11(7-13-10)14-8-9-1-2-9/h3-4,7,9H,1-2,5-6,8,12H2. The Morgan fingerprint density at radius 3 is 2.86 bits per heavy atom. The predicted molar refractivity (Wildman–Crippen MR) is 55.2 cm³/mol. The van der Waals surface area contributed by atoms with E-state index in [2.05, 4.69) is 4.98 Å². The lowest BCUT2D eigenvalue weighted by molar-refractivity contribution is 0.298. The molecule has 14 heavy (non-hydrogen) atoms. The van der Waals surface area contributed by atoms with Gasteiger partial charge in [0.25, 0.3) is 0 Å². The van der Waals surface area contributed by atoms with Crippen molar-refractivity contribution in [2.24, 2.45) is 11.7 Å². The first-order chi connectivity index (χ1) is 6.88. The number of aromatic nitrogens is 1. The highest BCUT2D eigenvalue weighted by Crippen LogP contribution is 2.29. The van der Waals surface area contributed by atoms with Crippen molar-refractivity contribution in [3.05, 3.63) is 24.0 Å². The van der Waals surface area contributed by atoms with Gasteiger partial charge in [-0.1, -0.05) is 0 Å². The van der Waals surface area contributed by atoms with Gasteiger partial charge in [-0.3, -0.25) is 4.98 Å². The summed E-state index contributed by atoms with van der Waals surface area (Å²) < 4.78 is 5.57. The van der Waals surface area contributed by atoms with Crippen molar-refractivity contribution >= 4 is 0 Å². The van der Waals surface area contributed by atoms with E-state index in [1.54, 1.807) is 6.20 Å². The first-order valence-electron chi connectivity index (χ1n) is 5.16. The molecule has 2 N–H and O–H groups in total. The lowest BCUT2D eigenvalue weighted by Gasteiger charge is -2.04. The third kappa shape index (κ3) is 2.70. The van der Waals surface area contributed by atoms with E-state index in [0.29, 0.717) is 6.54 Å². The normalized spacial score (nSPS) is 15.5. The van der Waals surface area contributed by atoms with Gasteiger partial charge in [-0.25, -0.2) is 0 Å². The summed E-state index contributed by atoms with van der Waals surface area (Å²) in [6, 6.07) is 3.95. The minimum Gasteiger partial charge on any atom is -0.492 e. The Labute approximate surface area is 84.3 Å². The van der Waals surface area contributed by atoms with Crippen LogP contribution in [0.1, 0.15) is 18.5 Å². The van der Waals surface area contributed by atoms with Crippen LogP contribution in [-0.4, -0.2) is 18.1 Å². The van der Waals surface area contributed by atoms with Gasteiger partial charge < -0.3 is 10.5 Å². The maximum absolute atomic E-state index is 5.57. The van der Waals surface area contributed by atoms with Gasteiger partial charge in [-0.15, -0.1) is 0 Å². The van der Waals surface area contributed by atoms with Crippen molar-refractivity contribution in [3.63, 3.8) is 0 Å². The Balaban J connectivity index is 1.84. The molecule has 0 aliphatic heterocycles. The van der Waals surface area contributed by atoms with Crippen molar-refractivity contribution in [2.45, 2.75) is 19.3 Å². The summed E-state index contributed by atoms with van der Waals surface area (Å²) in [7, 11) is 0. The maximum Gasteiger partial charge on any atom is 0.137 e. The first-order valence-corrected chi connectivity index (χ1v) is 5.16. The summed E-state index contributed by atoms with van der Waals surface area (Å²) in [5.41, 5.74) is 6.47. The lowest BCUT2D eigenvalue weighted by atomic mass is 10.3. The Kier molecular flexibility index (Phi) is 2.99. The van der Waals surface area contributed by atoms with Crippen molar-refractivity contribution in [1.29, 1.82) is 0 Å². The van der Waals surface area contributed by atoms with Crippen LogP contribution in [-0.2, 0) is 6.42 Å². The fourth-order valence-electron chi connectivity index (χ4n) is 1.29. The largest absolute Gasteiger partial charge is 0.492 e. The Morgan fingerprint density at radius 2 is 2.29 bits per heavy atom. The van der Waals surface area contributed by atoms with Crippen LogP contribution in [0.15, 0.2) is 18.3 Å². The van der Waals surface area contributed by atoms with Crippen molar-refractivity contribution in [1.82, 2.24) is 4.98 Å². The highest BCUT2D eigenvalue weighted by atomic mass is 16.5. The summed E-state index contributed by atoms with van der Waals surface area (Å²) in [4.78, 5) is 4.26. The van der Waals surface area contributed by atoms with E-state index >= 15 is 0 Å². The molecule has 1 fully saturated rings. The molecule has 1 aromatic heterocycles. The van der Waals surface area contributed by atoms with Crippen molar-refractivity contribution in [3.8, 4) is 5.75 Å². The van der Waals surface area contributed by atoms with Crippen LogP contribution in [0.3, 0.4) is 0 Å². The zero-order valence-corrected chi connectivity index (χ0v) is 8.28. The minimum atomic E-state index is 0.648. The van der Waals surface area contributed by atoms with E-state index in [1.165, 1.54) is 12.8 Å². The van der Waals surface area contributed by atoms with Crippen molar-refractivity contribution < 1.29 is 4.74 Å². The molecule has 76 valence electrons. The summed E-state index contributed by atoms with van der Waals surface area (Å²) >= 11 is 0. The zero-order valence-electron chi connectivity index (χ0n) is 8.28. The second kappa shape index (κ2) is 4.42. The van der Waals surface area contributed by atoms with Gasteiger partial charge in [-0.2, -0.15) is 0 Å². The van der Waals surface area contributed by atoms with Gasteiger partial charge in [0.15, 0.2) is 0 Å². The summed E-state index contributed by atoms with van der Waals surface area (Å²) in [6.07, 6.45) is 5.26. The third-order valence-electron chi connectivity index (χ3n) is 2.38. The topological polar surface area (TPSA) is 48.1 Å². The van der Waals surface area contributed by atoms with Crippen LogP contribution >= 0.6 is 0 Å². The average molecular weight is 192 g/mol. The van der Waals surface area contributed by atoms with Gasteiger partial charge >= 0.3 is 0 Å². The Morgan fingerprint density at radius 1 is 1.43 bits per heavy atom. The highest BCUT2D eigenvalue weighted by Gasteiger charge is 2.21. The molecule has 3 heteroatoms. The fraction of sp³-hybridized carbons (Fsp3) is 0.545. The zero-order chi connectivity index (χ0) is 9.80. The fourth-order valence-corrected chi connectivity index (χ4v) is 1.29. The van der Waals surface area contributed by atoms with Gasteiger partial charge in [0.05, 0.1) is 12.8 Å². The number of pyridine rings is 1. The molecule has 0 bridgehead atoms. The highest BCUT2D eigenvalue weighted by molar-refractivity contribution is 5.20. The number of hydrogen-bond donors (Lipinski definition) is 1. The summed E-state index contributed by atoms with van der Waals surface area (Å²) in [5, 5.41) is 0. The quantitative estimate of drug-likeness (QED) is 0.766. The molecule has 1 aliphatic carbocycles. The second-order valence-corrected chi connectivity index (χ2v) is 3.78.